The van der Waals surface area contributed by atoms with E-state index in [1.54, 1.807) is 13.2 Å². The molecular formula is C35H43N3O7. The lowest BCUT2D eigenvalue weighted by atomic mass is 9.99. The predicted molar refractivity (Wildman–Crippen MR) is 169 cm³/mol. The van der Waals surface area contributed by atoms with Gasteiger partial charge in [-0.2, -0.15) is 0 Å². The van der Waals surface area contributed by atoms with Crippen molar-refractivity contribution in [3.05, 3.63) is 101 Å². The van der Waals surface area contributed by atoms with Crippen LogP contribution in [0.3, 0.4) is 0 Å². The molecule has 2 fully saturated rings. The van der Waals surface area contributed by atoms with E-state index < -0.39 is 24.3 Å². The third-order valence-electron chi connectivity index (χ3n) is 8.40. The zero-order valence-electron chi connectivity index (χ0n) is 25.9. The van der Waals surface area contributed by atoms with Crippen LogP contribution in [0.4, 0.5) is 10.5 Å². The zero-order chi connectivity index (χ0) is 31.6. The molecule has 0 bridgehead atoms. The molecule has 0 spiro atoms. The van der Waals surface area contributed by atoms with Crippen molar-refractivity contribution in [1.29, 1.82) is 0 Å². The predicted octanol–water partition coefficient (Wildman–Crippen LogP) is 4.74. The van der Waals surface area contributed by atoms with E-state index in [-0.39, 0.29) is 18.8 Å². The summed E-state index contributed by atoms with van der Waals surface area (Å²) in [6.45, 7) is 2.43. The summed E-state index contributed by atoms with van der Waals surface area (Å²) in [4.78, 5) is 27.9. The number of benzene rings is 3. The second-order valence-electron chi connectivity index (χ2n) is 11.6. The van der Waals surface area contributed by atoms with Gasteiger partial charge in [-0.25, -0.2) is 9.59 Å². The fourth-order valence-electron chi connectivity index (χ4n) is 6.08. The van der Waals surface area contributed by atoms with E-state index in [9.17, 15) is 14.7 Å². The van der Waals surface area contributed by atoms with Crippen molar-refractivity contribution in [3.8, 4) is 0 Å². The molecule has 2 heterocycles. The number of hydrogen-bond acceptors (Lipinski definition) is 8. The molecule has 3 aromatic carbocycles. The number of carbonyl (C=O) groups excluding carboxylic acids is 2. The van der Waals surface area contributed by atoms with Gasteiger partial charge in [0.2, 0.25) is 0 Å². The van der Waals surface area contributed by atoms with Crippen LogP contribution in [-0.2, 0) is 36.8 Å². The molecule has 240 valence electrons. The first-order valence-electron chi connectivity index (χ1n) is 15.5. The lowest BCUT2D eigenvalue weighted by Crippen LogP contribution is -2.45. The fourth-order valence-corrected chi connectivity index (χ4v) is 6.08. The second-order valence-corrected chi connectivity index (χ2v) is 11.6. The molecule has 0 unspecified atom stereocenters. The number of likely N-dealkylation sites (tertiary alicyclic amines) is 1. The number of anilines is 1. The summed E-state index contributed by atoms with van der Waals surface area (Å²) < 4.78 is 23.5. The van der Waals surface area contributed by atoms with Gasteiger partial charge >= 0.3 is 12.0 Å². The molecular weight excluding hydrogens is 574 g/mol. The first-order chi connectivity index (χ1) is 21.9. The van der Waals surface area contributed by atoms with E-state index in [0.717, 1.165) is 48.2 Å². The SMILES string of the molecule is COC[C@@H]1CCCN1C[C@H]1C[C@@H](c2ccc(CO)cc2)O[C@@H](c2cccc(NC(=O)N[C@@H](Cc3ccccc3)C(=O)OC)c2)O1. The monoisotopic (exact) mass is 617 g/mol. The van der Waals surface area contributed by atoms with E-state index in [1.165, 1.54) is 7.11 Å². The van der Waals surface area contributed by atoms with Gasteiger partial charge in [0.25, 0.3) is 0 Å². The number of carbonyl (C=O) groups is 2. The smallest absolute Gasteiger partial charge is 0.328 e. The molecule has 2 aliphatic heterocycles. The average molecular weight is 618 g/mol. The number of aliphatic hydroxyl groups excluding tert-OH is 1. The maximum atomic E-state index is 13.0. The average Bonchev–Trinajstić information content (AvgIpc) is 3.50. The van der Waals surface area contributed by atoms with Crippen LogP contribution in [0.5, 0.6) is 0 Å². The normalized spacial score (nSPS) is 22.5. The van der Waals surface area contributed by atoms with E-state index in [2.05, 4.69) is 15.5 Å². The minimum atomic E-state index is -0.850. The van der Waals surface area contributed by atoms with E-state index in [0.29, 0.717) is 31.2 Å². The van der Waals surface area contributed by atoms with Gasteiger partial charge in [0.1, 0.15) is 6.04 Å². The number of aliphatic hydroxyl groups is 1. The van der Waals surface area contributed by atoms with Crippen molar-refractivity contribution in [2.75, 3.05) is 39.2 Å². The Morgan fingerprint density at radius 3 is 2.51 bits per heavy atom. The molecule has 5 rings (SSSR count). The van der Waals surface area contributed by atoms with Gasteiger partial charge < -0.3 is 34.7 Å². The third kappa shape index (κ3) is 8.90. The van der Waals surface area contributed by atoms with Gasteiger partial charge in [0.05, 0.1) is 32.5 Å². The van der Waals surface area contributed by atoms with Crippen molar-refractivity contribution in [2.24, 2.45) is 0 Å². The van der Waals surface area contributed by atoms with Crippen LogP contribution in [0.1, 0.15) is 53.9 Å². The summed E-state index contributed by atoms with van der Waals surface area (Å²) >= 11 is 0. The highest BCUT2D eigenvalue weighted by Gasteiger charge is 2.35. The van der Waals surface area contributed by atoms with Gasteiger partial charge in [-0.1, -0.05) is 66.7 Å². The Morgan fingerprint density at radius 1 is 0.978 bits per heavy atom. The summed E-state index contributed by atoms with van der Waals surface area (Å²) in [5, 5.41) is 15.1. The number of amides is 2. The standard InChI is InChI=1S/C35H43N3O7/c1-42-23-29-12-7-17-38(29)21-30-20-32(26-15-13-25(22-39)14-16-26)45-34(44-30)27-10-6-11-28(19-27)36-35(41)37-31(33(40)43-2)18-24-8-4-3-5-9-24/h3-6,8-11,13-16,19,29-32,34,39H,7,12,17-18,20-23H2,1-2H3,(H2,36,37,41)/t29-,30+,31-,32-,34-/m0/s1. The molecule has 0 radical (unpaired) electrons. The molecule has 2 aliphatic rings. The maximum Gasteiger partial charge on any atom is 0.328 e. The van der Waals surface area contributed by atoms with Crippen molar-refractivity contribution < 1.29 is 33.6 Å². The van der Waals surface area contributed by atoms with Crippen molar-refractivity contribution in [2.45, 2.75) is 62.9 Å². The Balaban J connectivity index is 1.30. The Labute approximate surface area is 264 Å². The van der Waals surface area contributed by atoms with Crippen molar-refractivity contribution in [3.63, 3.8) is 0 Å². The van der Waals surface area contributed by atoms with Crippen LogP contribution in [0.15, 0.2) is 78.9 Å². The number of nitrogens with zero attached hydrogens (tertiary/aromatic N) is 1. The molecule has 0 aliphatic carbocycles. The first-order valence-corrected chi connectivity index (χ1v) is 15.5. The molecule has 2 saturated heterocycles. The quantitative estimate of drug-likeness (QED) is 0.250. The van der Waals surface area contributed by atoms with Gasteiger partial charge in [-0.15, -0.1) is 0 Å². The summed E-state index contributed by atoms with van der Waals surface area (Å²) in [7, 11) is 3.04. The maximum absolute atomic E-state index is 13.0. The summed E-state index contributed by atoms with van der Waals surface area (Å²) in [6.07, 6.45) is 2.23. The van der Waals surface area contributed by atoms with Crippen LogP contribution in [0, 0.1) is 0 Å². The Morgan fingerprint density at radius 2 is 1.78 bits per heavy atom. The summed E-state index contributed by atoms with van der Waals surface area (Å²) in [5.74, 6) is -0.526. The summed E-state index contributed by atoms with van der Waals surface area (Å²) in [5.41, 5.74) is 4.05. The number of hydrogen-bond donors (Lipinski definition) is 3. The number of esters is 1. The minimum absolute atomic E-state index is 0.0178. The van der Waals surface area contributed by atoms with Crippen LogP contribution < -0.4 is 10.6 Å². The molecule has 5 atom stereocenters. The Bertz CT molecular complexity index is 1390. The van der Waals surface area contributed by atoms with Gasteiger partial charge in [0.15, 0.2) is 6.29 Å². The highest BCUT2D eigenvalue weighted by Crippen LogP contribution is 2.39. The van der Waals surface area contributed by atoms with Crippen molar-refractivity contribution in [1.82, 2.24) is 10.2 Å². The van der Waals surface area contributed by atoms with Crippen LogP contribution in [-0.4, -0.2) is 74.1 Å². The number of rotatable bonds is 12. The molecule has 10 nitrogen and oxygen atoms in total. The highest BCUT2D eigenvalue weighted by atomic mass is 16.7. The van der Waals surface area contributed by atoms with Crippen LogP contribution >= 0.6 is 0 Å². The van der Waals surface area contributed by atoms with E-state index in [1.807, 2.05) is 72.8 Å². The number of urea groups is 1. The third-order valence-corrected chi connectivity index (χ3v) is 8.40. The molecule has 10 heteroatoms. The fraction of sp³-hybridized carbons (Fsp3) is 0.429. The summed E-state index contributed by atoms with van der Waals surface area (Å²) in [6, 6.07) is 23.6. The first kappa shape index (κ1) is 32.6. The minimum Gasteiger partial charge on any atom is -0.467 e. The number of nitrogens with one attached hydrogen (secondary N) is 2. The lowest BCUT2D eigenvalue weighted by molar-refractivity contribution is -0.253. The largest absolute Gasteiger partial charge is 0.467 e. The number of methoxy groups -OCH3 is 2. The molecule has 0 aromatic heterocycles. The Kier molecular flexibility index (Phi) is 11.6. The molecule has 2 amide bonds. The molecule has 3 N–H and O–H groups in total. The number of ether oxygens (including phenoxy) is 4. The highest BCUT2D eigenvalue weighted by molar-refractivity contribution is 5.92. The van der Waals surface area contributed by atoms with E-state index >= 15 is 0 Å². The molecule has 0 saturated carbocycles. The topological polar surface area (TPSA) is 119 Å². The van der Waals surface area contributed by atoms with Gasteiger partial charge in [0, 0.05) is 43.8 Å². The van der Waals surface area contributed by atoms with Gasteiger partial charge in [-0.05, 0) is 48.2 Å². The van der Waals surface area contributed by atoms with Crippen LogP contribution in [0.2, 0.25) is 0 Å². The van der Waals surface area contributed by atoms with Crippen LogP contribution in [0.25, 0.3) is 0 Å². The second kappa shape index (κ2) is 16.0. The lowest BCUT2D eigenvalue weighted by Gasteiger charge is -2.39. The van der Waals surface area contributed by atoms with E-state index in [4.69, 9.17) is 18.9 Å². The zero-order valence-corrected chi connectivity index (χ0v) is 25.9. The molecule has 3 aromatic rings. The Hall–Kier alpha value is -3.80. The molecule has 45 heavy (non-hydrogen) atoms. The van der Waals surface area contributed by atoms with Crippen molar-refractivity contribution >= 4 is 17.7 Å². The van der Waals surface area contributed by atoms with Gasteiger partial charge in [-0.3, -0.25) is 4.90 Å².